The highest BCUT2D eigenvalue weighted by atomic mass is 32.2. The number of ether oxygens (including phenoxy) is 1. The number of piperidine rings is 1. The van der Waals surface area contributed by atoms with Crippen molar-refractivity contribution >= 4 is 16.2 Å². The molecule has 1 aliphatic heterocycles. The van der Waals surface area contributed by atoms with Gasteiger partial charge in [0.2, 0.25) is 0 Å². The van der Waals surface area contributed by atoms with Crippen molar-refractivity contribution in [2.24, 2.45) is 17.8 Å². The lowest BCUT2D eigenvalue weighted by atomic mass is 10.1. The van der Waals surface area contributed by atoms with Crippen molar-refractivity contribution in [1.82, 2.24) is 4.90 Å². The summed E-state index contributed by atoms with van der Waals surface area (Å²) in [6, 6.07) is 0. The fraction of sp³-hybridized carbons (Fsp3) is 0.923. The summed E-state index contributed by atoms with van der Waals surface area (Å²) < 4.78 is 32.2. The van der Waals surface area contributed by atoms with Gasteiger partial charge in [0.15, 0.2) is 0 Å². The molecule has 0 aromatic heterocycles. The summed E-state index contributed by atoms with van der Waals surface area (Å²) in [6.07, 6.45) is 1.67. The van der Waals surface area contributed by atoms with E-state index in [-0.39, 0.29) is 18.6 Å². The Morgan fingerprint density at radius 3 is 2.50 bits per heavy atom. The third-order valence-electron chi connectivity index (χ3n) is 3.80. The van der Waals surface area contributed by atoms with E-state index in [4.69, 9.17) is 8.92 Å². The van der Waals surface area contributed by atoms with Gasteiger partial charge in [0.25, 0.3) is 10.1 Å². The molecule has 0 aromatic rings. The lowest BCUT2D eigenvalue weighted by Crippen LogP contribution is -2.40. The largest absolute Gasteiger partial charge is 0.444 e. The number of amides is 1. The molecule has 1 aliphatic carbocycles. The van der Waals surface area contributed by atoms with Gasteiger partial charge in [0, 0.05) is 13.1 Å². The Labute approximate surface area is 120 Å². The quantitative estimate of drug-likeness (QED) is 0.738. The fourth-order valence-electron chi connectivity index (χ4n) is 2.82. The standard InChI is InChI=1S/C13H23NO5S/c1-13(2,3)19-12(15)14-6-5-9-10(7-14)11(9)8-18-20(4,16)17/h9-11H,5-8H2,1-4H3/t9-,10+,11+/m0/s1. The van der Waals surface area contributed by atoms with Gasteiger partial charge in [-0.2, -0.15) is 8.42 Å². The molecule has 3 atom stereocenters. The molecule has 6 nitrogen and oxygen atoms in total. The molecule has 0 aromatic carbocycles. The lowest BCUT2D eigenvalue weighted by molar-refractivity contribution is 0.0206. The molecular formula is C13H23NO5S. The van der Waals surface area contributed by atoms with Crippen molar-refractivity contribution < 1.29 is 22.1 Å². The smallest absolute Gasteiger partial charge is 0.410 e. The van der Waals surface area contributed by atoms with E-state index < -0.39 is 15.7 Å². The van der Waals surface area contributed by atoms with Crippen molar-refractivity contribution in [2.75, 3.05) is 26.0 Å². The van der Waals surface area contributed by atoms with Crippen LogP contribution in [0.2, 0.25) is 0 Å². The van der Waals surface area contributed by atoms with Crippen LogP contribution in [-0.2, 0) is 19.0 Å². The Morgan fingerprint density at radius 2 is 1.95 bits per heavy atom. The molecule has 1 amide bonds. The summed E-state index contributed by atoms with van der Waals surface area (Å²) >= 11 is 0. The van der Waals surface area contributed by atoms with E-state index >= 15 is 0 Å². The highest BCUT2D eigenvalue weighted by molar-refractivity contribution is 7.85. The normalized spacial score (nSPS) is 29.8. The van der Waals surface area contributed by atoms with E-state index in [0.717, 1.165) is 12.7 Å². The third kappa shape index (κ3) is 4.09. The Bertz CT molecular complexity index is 481. The Kier molecular flexibility index (Phi) is 4.03. The lowest BCUT2D eigenvalue weighted by Gasteiger charge is -2.29. The van der Waals surface area contributed by atoms with Gasteiger partial charge < -0.3 is 9.64 Å². The van der Waals surface area contributed by atoms with Gasteiger partial charge in [-0.1, -0.05) is 0 Å². The number of carbonyl (C=O) groups excluding carboxylic acids is 1. The van der Waals surface area contributed by atoms with Crippen LogP contribution in [0.5, 0.6) is 0 Å². The summed E-state index contributed by atoms with van der Waals surface area (Å²) in [6.45, 7) is 7.08. The maximum Gasteiger partial charge on any atom is 0.410 e. The number of carbonyl (C=O) groups is 1. The minimum atomic E-state index is -3.38. The molecular weight excluding hydrogens is 282 g/mol. The van der Waals surface area contributed by atoms with Gasteiger partial charge in [-0.3, -0.25) is 4.18 Å². The summed E-state index contributed by atoms with van der Waals surface area (Å²) in [4.78, 5) is 13.7. The number of likely N-dealkylation sites (tertiary alicyclic amines) is 1. The molecule has 1 heterocycles. The van der Waals surface area contributed by atoms with E-state index in [9.17, 15) is 13.2 Å². The Morgan fingerprint density at radius 1 is 1.30 bits per heavy atom. The van der Waals surface area contributed by atoms with Crippen molar-refractivity contribution in [3.63, 3.8) is 0 Å². The number of rotatable bonds is 3. The maximum absolute atomic E-state index is 12.0. The number of hydrogen-bond donors (Lipinski definition) is 0. The third-order valence-corrected chi connectivity index (χ3v) is 4.36. The van der Waals surface area contributed by atoms with Gasteiger partial charge in [-0.05, 0) is 44.9 Å². The minimum Gasteiger partial charge on any atom is -0.444 e. The van der Waals surface area contributed by atoms with Crippen LogP contribution in [0.3, 0.4) is 0 Å². The average molecular weight is 305 g/mol. The van der Waals surface area contributed by atoms with Crippen molar-refractivity contribution in [1.29, 1.82) is 0 Å². The number of hydrogen-bond acceptors (Lipinski definition) is 5. The maximum atomic E-state index is 12.0. The molecule has 1 saturated carbocycles. The van der Waals surface area contributed by atoms with Gasteiger partial charge in [0.05, 0.1) is 12.9 Å². The Balaban J connectivity index is 1.82. The monoisotopic (exact) mass is 305 g/mol. The van der Waals surface area contributed by atoms with E-state index in [1.165, 1.54) is 0 Å². The van der Waals surface area contributed by atoms with Crippen LogP contribution in [0, 0.1) is 17.8 Å². The molecule has 116 valence electrons. The van der Waals surface area contributed by atoms with Crippen LogP contribution < -0.4 is 0 Å². The van der Waals surface area contributed by atoms with Crippen molar-refractivity contribution in [3.05, 3.63) is 0 Å². The summed E-state index contributed by atoms with van der Waals surface area (Å²) in [5.41, 5.74) is -0.490. The highest BCUT2D eigenvalue weighted by Gasteiger charge is 2.53. The predicted molar refractivity (Wildman–Crippen MR) is 73.7 cm³/mol. The summed E-state index contributed by atoms with van der Waals surface area (Å²) in [7, 11) is -3.38. The molecule has 2 fully saturated rings. The predicted octanol–water partition coefficient (Wildman–Crippen LogP) is 1.47. The molecule has 2 aliphatic rings. The van der Waals surface area contributed by atoms with E-state index in [1.807, 2.05) is 20.8 Å². The van der Waals surface area contributed by atoms with Gasteiger partial charge >= 0.3 is 6.09 Å². The summed E-state index contributed by atoms with van der Waals surface area (Å²) in [5, 5.41) is 0. The molecule has 1 saturated heterocycles. The molecule has 20 heavy (non-hydrogen) atoms. The first-order chi connectivity index (χ1) is 9.07. The second-order valence-corrected chi connectivity index (χ2v) is 8.34. The molecule has 0 radical (unpaired) electrons. The molecule has 0 unspecified atom stereocenters. The SMILES string of the molecule is CC(C)(C)OC(=O)N1CC[C@@H]2[C@@H](COS(C)(=O)=O)[C@@H]2C1. The first kappa shape index (κ1) is 15.6. The fourth-order valence-corrected chi connectivity index (χ4v) is 3.22. The van der Waals surface area contributed by atoms with Crippen LogP contribution in [-0.4, -0.2) is 51.0 Å². The highest BCUT2D eigenvalue weighted by Crippen LogP contribution is 2.51. The molecule has 2 rings (SSSR count). The molecule has 0 bridgehead atoms. The van der Waals surface area contributed by atoms with E-state index in [2.05, 4.69) is 0 Å². The van der Waals surface area contributed by atoms with Crippen LogP contribution >= 0.6 is 0 Å². The van der Waals surface area contributed by atoms with Crippen LogP contribution in [0.25, 0.3) is 0 Å². The Hall–Kier alpha value is -0.820. The van der Waals surface area contributed by atoms with E-state index in [1.54, 1.807) is 4.90 Å². The zero-order valence-electron chi connectivity index (χ0n) is 12.5. The number of nitrogens with zero attached hydrogens (tertiary/aromatic N) is 1. The second-order valence-electron chi connectivity index (χ2n) is 6.70. The first-order valence-corrected chi connectivity index (χ1v) is 8.71. The van der Waals surface area contributed by atoms with Crippen molar-refractivity contribution in [2.45, 2.75) is 32.8 Å². The van der Waals surface area contributed by atoms with Gasteiger partial charge in [0.1, 0.15) is 5.60 Å². The van der Waals surface area contributed by atoms with Crippen molar-refractivity contribution in [3.8, 4) is 0 Å². The first-order valence-electron chi connectivity index (χ1n) is 6.89. The molecule has 0 N–H and O–H groups in total. The minimum absolute atomic E-state index is 0.232. The molecule has 0 spiro atoms. The van der Waals surface area contributed by atoms with E-state index in [0.29, 0.717) is 24.9 Å². The molecule has 7 heteroatoms. The van der Waals surface area contributed by atoms with Crippen LogP contribution in [0.4, 0.5) is 4.79 Å². The topological polar surface area (TPSA) is 72.9 Å². The average Bonchev–Trinajstić information content (AvgIpc) is 2.95. The van der Waals surface area contributed by atoms with Crippen LogP contribution in [0.1, 0.15) is 27.2 Å². The second kappa shape index (κ2) is 5.18. The zero-order valence-corrected chi connectivity index (χ0v) is 13.3. The van der Waals surface area contributed by atoms with Gasteiger partial charge in [-0.25, -0.2) is 4.79 Å². The summed E-state index contributed by atoms with van der Waals surface area (Å²) in [5.74, 6) is 1.07. The van der Waals surface area contributed by atoms with Crippen LogP contribution in [0.15, 0.2) is 0 Å². The number of fused-ring (bicyclic) bond motifs is 1. The van der Waals surface area contributed by atoms with Gasteiger partial charge in [-0.15, -0.1) is 0 Å². The zero-order chi connectivity index (χ0) is 15.1.